The second-order valence-electron chi connectivity index (χ2n) is 16.7. The Bertz CT molecular complexity index is 3040. The van der Waals surface area contributed by atoms with E-state index >= 15 is 0 Å². The van der Waals surface area contributed by atoms with Crippen LogP contribution in [0.1, 0.15) is 61.2 Å². The average molecular weight is 768 g/mol. The predicted molar refractivity (Wildman–Crippen MR) is 250 cm³/mol. The SMILES string of the molecule is Cc1ccc(C2(c3ccccc3)c3ccccc3-c3ccc(N(c4ccccc4)c4ccc5c(c4)C(c4ccccc4)(c4ccc(C)cc4)c4cc(C)ccc4-5)cc32)cc1. The van der Waals surface area contributed by atoms with Crippen molar-refractivity contribution in [3.05, 3.63) is 280 Å². The Morgan fingerprint density at radius 1 is 0.267 bits per heavy atom. The first-order chi connectivity index (χ1) is 29.5. The molecular formula is C59H45N. The smallest absolute Gasteiger partial charge is 0.0714 e. The minimum absolute atomic E-state index is 0.509. The van der Waals surface area contributed by atoms with E-state index in [0.717, 1.165) is 17.1 Å². The Balaban J connectivity index is 1.19. The predicted octanol–water partition coefficient (Wildman–Crippen LogP) is 14.8. The van der Waals surface area contributed by atoms with Crippen molar-refractivity contribution in [1.82, 2.24) is 0 Å². The van der Waals surface area contributed by atoms with E-state index in [1.54, 1.807) is 0 Å². The third-order valence-corrected chi connectivity index (χ3v) is 13.2. The summed E-state index contributed by atoms with van der Waals surface area (Å²) in [6, 6.07) is 82.0. The Hall–Kier alpha value is -7.22. The van der Waals surface area contributed by atoms with Gasteiger partial charge >= 0.3 is 0 Å². The van der Waals surface area contributed by atoms with Gasteiger partial charge in [0.25, 0.3) is 0 Å². The number of anilines is 3. The molecule has 2 unspecified atom stereocenters. The first-order valence-electron chi connectivity index (χ1n) is 21.1. The van der Waals surface area contributed by atoms with Crippen molar-refractivity contribution < 1.29 is 0 Å². The lowest BCUT2D eigenvalue weighted by molar-refractivity contribution is 0.766. The van der Waals surface area contributed by atoms with E-state index < -0.39 is 10.8 Å². The number of aryl methyl sites for hydroxylation is 3. The van der Waals surface area contributed by atoms with Gasteiger partial charge in [-0.2, -0.15) is 0 Å². The normalized spacial score (nSPS) is 17.1. The van der Waals surface area contributed by atoms with Gasteiger partial charge in [-0.05, 0) is 124 Å². The summed E-state index contributed by atoms with van der Waals surface area (Å²) >= 11 is 0. The molecule has 0 radical (unpaired) electrons. The molecule has 0 saturated carbocycles. The van der Waals surface area contributed by atoms with E-state index in [1.165, 1.54) is 83.5 Å². The molecule has 0 N–H and O–H groups in total. The van der Waals surface area contributed by atoms with Gasteiger partial charge in [-0.3, -0.25) is 0 Å². The maximum Gasteiger partial charge on any atom is 0.0714 e. The zero-order chi connectivity index (χ0) is 40.4. The second-order valence-corrected chi connectivity index (χ2v) is 16.7. The van der Waals surface area contributed by atoms with Crippen molar-refractivity contribution in [1.29, 1.82) is 0 Å². The summed E-state index contributed by atoms with van der Waals surface area (Å²) in [6.07, 6.45) is 0. The molecule has 1 nitrogen and oxygen atoms in total. The van der Waals surface area contributed by atoms with E-state index in [1.807, 2.05) is 0 Å². The molecule has 0 bridgehead atoms. The van der Waals surface area contributed by atoms with Crippen molar-refractivity contribution >= 4 is 17.1 Å². The molecule has 0 aliphatic heterocycles. The van der Waals surface area contributed by atoms with Crippen LogP contribution in [0.3, 0.4) is 0 Å². The summed E-state index contributed by atoms with van der Waals surface area (Å²) in [7, 11) is 0. The van der Waals surface area contributed by atoms with Gasteiger partial charge in [0.15, 0.2) is 0 Å². The Labute approximate surface area is 353 Å². The van der Waals surface area contributed by atoms with Gasteiger partial charge in [0.2, 0.25) is 0 Å². The molecular weight excluding hydrogens is 723 g/mol. The number of hydrogen-bond donors (Lipinski definition) is 0. The molecule has 9 aromatic carbocycles. The van der Waals surface area contributed by atoms with Crippen LogP contribution in [0.4, 0.5) is 17.1 Å². The Kier molecular flexibility index (Phi) is 8.36. The van der Waals surface area contributed by atoms with Gasteiger partial charge in [-0.1, -0.05) is 199 Å². The zero-order valence-corrected chi connectivity index (χ0v) is 34.2. The molecule has 286 valence electrons. The highest BCUT2D eigenvalue weighted by Gasteiger charge is 2.48. The number of fused-ring (bicyclic) bond motifs is 6. The number of para-hydroxylation sites is 1. The standard InChI is InChI=1S/C59H45N/c1-40-23-28-45(29-24-40)58(43-15-7-4-8-16-43)54-22-14-13-21-50(54)52-35-32-48(38-56(52)58)60(47-19-11-6-12-20-47)49-33-36-53-51-34-27-42(3)37-55(51)59(57(53)39-49,44-17-9-5-10-18-44)46-30-25-41(2)26-31-46/h4-39H,1-3H3. The molecule has 0 amide bonds. The van der Waals surface area contributed by atoms with Crippen molar-refractivity contribution in [3.63, 3.8) is 0 Å². The third kappa shape index (κ3) is 5.25. The van der Waals surface area contributed by atoms with Crippen LogP contribution >= 0.6 is 0 Å². The van der Waals surface area contributed by atoms with Crippen LogP contribution in [0, 0.1) is 20.8 Å². The van der Waals surface area contributed by atoms with Crippen LogP contribution in [0.2, 0.25) is 0 Å². The molecule has 0 aromatic heterocycles. The van der Waals surface area contributed by atoms with Crippen LogP contribution in [-0.2, 0) is 10.8 Å². The molecule has 60 heavy (non-hydrogen) atoms. The maximum atomic E-state index is 2.48. The second kappa shape index (κ2) is 14.0. The first-order valence-corrected chi connectivity index (χ1v) is 21.1. The van der Waals surface area contributed by atoms with Gasteiger partial charge < -0.3 is 4.90 Å². The summed E-state index contributed by atoms with van der Waals surface area (Å²) in [5.41, 5.74) is 21.5. The molecule has 0 spiro atoms. The molecule has 2 atom stereocenters. The van der Waals surface area contributed by atoms with Crippen LogP contribution in [0.15, 0.2) is 218 Å². The highest BCUT2D eigenvalue weighted by atomic mass is 15.1. The largest absolute Gasteiger partial charge is 0.310 e. The Morgan fingerprint density at radius 2 is 0.633 bits per heavy atom. The first kappa shape index (κ1) is 35.9. The van der Waals surface area contributed by atoms with E-state index in [4.69, 9.17) is 0 Å². The van der Waals surface area contributed by atoms with Crippen molar-refractivity contribution in [3.8, 4) is 22.3 Å². The number of hydrogen-bond acceptors (Lipinski definition) is 1. The fourth-order valence-electron chi connectivity index (χ4n) is 10.6. The van der Waals surface area contributed by atoms with Gasteiger partial charge in [0.05, 0.1) is 10.8 Å². The minimum atomic E-state index is -0.516. The lowest BCUT2D eigenvalue weighted by Crippen LogP contribution is -2.29. The monoisotopic (exact) mass is 767 g/mol. The van der Waals surface area contributed by atoms with Crippen LogP contribution < -0.4 is 4.90 Å². The summed E-state index contributed by atoms with van der Waals surface area (Å²) < 4.78 is 0. The van der Waals surface area contributed by atoms with Gasteiger partial charge in [-0.15, -0.1) is 0 Å². The fraction of sp³-hybridized carbons (Fsp3) is 0.0847. The van der Waals surface area contributed by atoms with E-state index in [2.05, 4.69) is 244 Å². The molecule has 9 aromatic rings. The van der Waals surface area contributed by atoms with Crippen LogP contribution in [0.5, 0.6) is 0 Å². The van der Waals surface area contributed by atoms with Gasteiger partial charge in [0, 0.05) is 17.1 Å². The van der Waals surface area contributed by atoms with E-state index in [9.17, 15) is 0 Å². The van der Waals surface area contributed by atoms with E-state index in [-0.39, 0.29) is 0 Å². The summed E-state index contributed by atoms with van der Waals surface area (Å²) in [6.45, 7) is 6.57. The van der Waals surface area contributed by atoms with Gasteiger partial charge in [0.1, 0.15) is 0 Å². The topological polar surface area (TPSA) is 3.24 Å². The Morgan fingerprint density at radius 3 is 1.15 bits per heavy atom. The molecule has 11 rings (SSSR count). The number of benzene rings is 9. The highest BCUT2D eigenvalue weighted by molar-refractivity contribution is 5.92. The van der Waals surface area contributed by atoms with Crippen molar-refractivity contribution in [2.75, 3.05) is 4.90 Å². The van der Waals surface area contributed by atoms with Crippen molar-refractivity contribution in [2.24, 2.45) is 0 Å². The lowest BCUT2D eigenvalue weighted by atomic mass is 9.67. The molecule has 2 aliphatic carbocycles. The summed E-state index contributed by atoms with van der Waals surface area (Å²) in [5.74, 6) is 0. The summed E-state index contributed by atoms with van der Waals surface area (Å²) in [5, 5.41) is 0. The number of nitrogens with zero attached hydrogens (tertiary/aromatic N) is 1. The molecule has 1 heteroatoms. The molecule has 2 aliphatic rings. The van der Waals surface area contributed by atoms with Gasteiger partial charge in [-0.25, -0.2) is 0 Å². The van der Waals surface area contributed by atoms with Crippen molar-refractivity contribution in [2.45, 2.75) is 31.6 Å². The zero-order valence-electron chi connectivity index (χ0n) is 34.2. The highest BCUT2D eigenvalue weighted by Crippen LogP contribution is 2.59. The molecule has 0 saturated heterocycles. The quantitative estimate of drug-likeness (QED) is 0.156. The van der Waals surface area contributed by atoms with Crippen LogP contribution in [-0.4, -0.2) is 0 Å². The average Bonchev–Trinajstić information content (AvgIpc) is 3.75. The lowest BCUT2D eigenvalue weighted by Gasteiger charge is -2.36. The third-order valence-electron chi connectivity index (χ3n) is 13.2. The fourth-order valence-corrected chi connectivity index (χ4v) is 10.6. The molecule has 0 fully saturated rings. The van der Waals surface area contributed by atoms with Crippen LogP contribution in [0.25, 0.3) is 22.3 Å². The number of rotatable bonds is 7. The summed E-state index contributed by atoms with van der Waals surface area (Å²) in [4.78, 5) is 2.47. The van der Waals surface area contributed by atoms with E-state index in [0.29, 0.717) is 0 Å². The molecule has 0 heterocycles. The minimum Gasteiger partial charge on any atom is -0.310 e. The maximum absolute atomic E-state index is 2.48.